The van der Waals surface area contributed by atoms with Crippen molar-refractivity contribution >= 4 is 52.6 Å². The second-order valence-corrected chi connectivity index (χ2v) is 9.33. The maximum atomic E-state index is 13.2. The number of hydrogen-bond acceptors (Lipinski definition) is 7. The molecule has 11 heteroatoms. The van der Waals surface area contributed by atoms with Gasteiger partial charge in [0.2, 0.25) is 5.91 Å². The fraction of sp³-hybridized carbons (Fsp3) is 0.0345. The maximum Gasteiger partial charge on any atom is 0.272 e. The van der Waals surface area contributed by atoms with Crippen LogP contribution in [0.5, 0.6) is 0 Å². The van der Waals surface area contributed by atoms with E-state index in [1.165, 1.54) is 42.1 Å². The molecule has 0 radical (unpaired) electrons. The second kappa shape index (κ2) is 13.5. The number of non-ortho nitro benzene ring substituents is 1. The van der Waals surface area contributed by atoms with Crippen LogP contribution in [0.3, 0.4) is 0 Å². The first-order valence-corrected chi connectivity index (χ1v) is 12.9. The van der Waals surface area contributed by atoms with Crippen molar-refractivity contribution in [2.75, 3.05) is 16.4 Å². The molecule has 0 spiro atoms. The van der Waals surface area contributed by atoms with Gasteiger partial charge < -0.3 is 16.0 Å². The standard InChI is InChI=1S/C29H23N5O5S/c35-27(31-23-14-16-30-17-15-23)19-40-25-12-8-22(9-13-25)32-29(37)26(33-28(36)21-4-2-1-3-5-21)18-20-6-10-24(11-7-20)34(38)39/h1-18H,19H2,(H,32,37)(H,33,36)(H,30,31,35)/b26-18-. The number of anilines is 2. The van der Waals surface area contributed by atoms with Crippen molar-refractivity contribution in [2.24, 2.45) is 0 Å². The molecule has 4 rings (SSSR count). The van der Waals surface area contributed by atoms with Crippen LogP contribution >= 0.6 is 11.8 Å². The summed E-state index contributed by atoms with van der Waals surface area (Å²) in [6.45, 7) is 0. The second-order valence-electron chi connectivity index (χ2n) is 8.28. The minimum absolute atomic E-state index is 0.0473. The Morgan fingerprint density at radius 2 is 1.48 bits per heavy atom. The lowest BCUT2D eigenvalue weighted by Crippen LogP contribution is -2.30. The average molecular weight is 554 g/mol. The van der Waals surface area contributed by atoms with Crippen molar-refractivity contribution in [1.29, 1.82) is 0 Å². The van der Waals surface area contributed by atoms with Gasteiger partial charge in [-0.3, -0.25) is 29.5 Å². The predicted molar refractivity (Wildman–Crippen MR) is 154 cm³/mol. The first kappa shape index (κ1) is 27.7. The third-order valence-electron chi connectivity index (χ3n) is 5.39. The van der Waals surface area contributed by atoms with E-state index in [4.69, 9.17) is 0 Å². The third-order valence-corrected chi connectivity index (χ3v) is 6.40. The SMILES string of the molecule is O=C(CSc1ccc(NC(=O)/C(=C/c2ccc([N+](=O)[O-])cc2)NC(=O)c2ccccc2)cc1)Nc1ccncc1. The summed E-state index contributed by atoms with van der Waals surface area (Å²) in [5, 5.41) is 19.1. The van der Waals surface area contributed by atoms with E-state index in [9.17, 15) is 24.5 Å². The van der Waals surface area contributed by atoms with Gasteiger partial charge in [0.1, 0.15) is 5.70 Å². The van der Waals surface area contributed by atoms with Gasteiger partial charge in [-0.1, -0.05) is 18.2 Å². The highest BCUT2D eigenvalue weighted by molar-refractivity contribution is 8.00. The Morgan fingerprint density at radius 3 is 2.12 bits per heavy atom. The van der Waals surface area contributed by atoms with Crippen LogP contribution in [0.1, 0.15) is 15.9 Å². The molecule has 0 aliphatic carbocycles. The monoisotopic (exact) mass is 553 g/mol. The largest absolute Gasteiger partial charge is 0.325 e. The van der Waals surface area contributed by atoms with E-state index in [1.807, 2.05) is 0 Å². The van der Waals surface area contributed by atoms with Gasteiger partial charge in [-0.2, -0.15) is 0 Å². The van der Waals surface area contributed by atoms with Crippen LogP contribution in [-0.4, -0.2) is 33.4 Å². The lowest BCUT2D eigenvalue weighted by atomic mass is 10.1. The van der Waals surface area contributed by atoms with Crippen LogP contribution < -0.4 is 16.0 Å². The summed E-state index contributed by atoms with van der Waals surface area (Å²) in [4.78, 5) is 53.3. The number of nitrogens with one attached hydrogen (secondary N) is 3. The number of pyridine rings is 1. The highest BCUT2D eigenvalue weighted by atomic mass is 32.2. The molecular weight excluding hydrogens is 530 g/mol. The molecule has 10 nitrogen and oxygen atoms in total. The van der Waals surface area contributed by atoms with E-state index >= 15 is 0 Å². The molecule has 0 atom stereocenters. The molecule has 3 aromatic carbocycles. The Hall–Kier alpha value is -5.29. The maximum absolute atomic E-state index is 13.2. The molecule has 0 bridgehead atoms. The number of thioether (sulfide) groups is 1. The summed E-state index contributed by atoms with van der Waals surface area (Å²) in [5.41, 5.74) is 1.84. The molecule has 3 amide bonds. The van der Waals surface area contributed by atoms with E-state index in [-0.39, 0.29) is 23.0 Å². The zero-order valence-corrected chi connectivity index (χ0v) is 21.8. The molecular formula is C29H23N5O5S. The van der Waals surface area contributed by atoms with Crippen LogP contribution in [0.15, 0.2) is 114 Å². The average Bonchev–Trinajstić information content (AvgIpc) is 2.97. The molecule has 1 aromatic heterocycles. The zero-order valence-electron chi connectivity index (χ0n) is 20.9. The summed E-state index contributed by atoms with van der Waals surface area (Å²) >= 11 is 1.34. The van der Waals surface area contributed by atoms with E-state index < -0.39 is 16.7 Å². The molecule has 0 saturated heterocycles. The highest BCUT2D eigenvalue weighted by Gasteiger charge is 2.16. The lowest BCUT2D eigenvalue weighted by molar-refractivity contribution is -0.384. The van der Waals surface area contributed by atoms with Crippen LogP contribution in [0, 0.1) is 10.1 Å². The van der Waals surface area contributed by atoms with E-state index in [0.717, 1.165) is 4.90 Å². The number of nitro benzene ring substituents is 1. The fourth-order valence-electron chi connectivity index (χ4n) is 3.42. The molecule has 0 aliphatic rings. The summed E-state index contributed by atoms with van der Waals surface area (Å²) in [5.74, 6) is -1.04. The topological polar surface area (TPSA) is 143 Å². The molecule has 3 N–H and O–H groups in total. The first-order chi connectivity index (χ1) is 19.4. The van der Waals surface area contributed by atoms with Gasteiger partial charge in [-0.15, -0.1) is 11.8 Å². The summed E-state index contributed by atoms with van der Waals surface area (Å²) in [7, 11) is 0. The van der Waals surface area contributed by atoms with Crippen molar-refractivity contribution in [1.82, 2.24) is 10.3 Å². The van der Waals surface area contributed by atoms with E-state index in [0.29, 0.717) is 22.5 Å². The minimum Gasteiger partial charge on any atom is -0.325 e. The van der Waals surface area contributed by atoms with Gasteiger partial charge in [0, 0.05) is 46.4 Å². The third kappa shape index (κ3) is 8.10. The number of benzene rings is 3. The fourth-order valence-corrected chi connectivity index (χ4v) is 4.11. The summed E-state index contributed by atoms with van der Waals surface area (Å²) < 4.78 is 0. The Kier molecular flexibility index (Phi) is 9.35. The normalized spacial score (nSPS) is 10.8. The number of carbonyl (C=O) groups is 3. The Labute approximate surface area is 233 Å². The van der Waals surface area contributed by atoms with E-state index in [1.54, 1.807) is 79.1 Å². The minimum atomic E-state index is -0.584. The van der Waals surface area contributed by atoms with Crippen LogP contribution in [-0.2, 0) is 9.59 Å². The van der Waals surface area contributed by atoms with Crippen LogP contribution in [0.25, 0.3) is 6.08 Å². The van der Waals surface area contributed by atoms with Gasteiger partial charge in [-0.05, 0) is 72.3 Å². The summed E-state index contributed by atoms with van der Waals surface area (Å²) in [6, 6.07) is 24.3. The van der Waals surface area contributed by atoms with Crippen molar-refractivity contribution in [2.45, 2.75) is 4.90 Å². The number of rotatable bonds is 10. The number of nitrogens with zero attached hydrogens (tertiary/aromatic N) is 2. The highest BCUT2D eigenvalue weighted by Crippen LogP contribution is 2.21. The molecule has 0 unspecified atom stereocenters. The number of nitro groups is 1. The number of carbonyl (C=O) groups excluding carboxylic acids is 3. The number of amides is 3. The predicted octanol–water partition coefficient (Wildman–Crippen LogP) is 5.13. The van der Waals surface area contributed by atoms with Gasteiger partial charge >= 0.3 is 0 Å². The van der Waals surface area contributed by atoms with Crippen molar-refractivity contribution < 1.29 is 19.3 Å². The number of aromatic nitrogens is 1. The molecule has 40 heavy (non-hydrogen) atoms. The van der Waals surface area contributed by atoms with Gasteiger partial charge in [0.05, 0.1) is 10.7 Å². The van der Waals surface area contributed by atoms with Crippen molar-refractivity contribution in [3.8, 4) is 0 Å². The Balaban J connectivity index is 1.43. The summed E-state index contributed by atoms with van der Waals surface area (Å²) in [6.07, 6.45) is 4.62. The Morgan fingerprint density at radius 1 is 0.825 bits per heavy atom. The van der Waals surface area contributed by atoms with Gasteiger partial charge in [-0.25, -0.2) is 0 Å². The molecule has 200 valence electrons. The number of hydrogen-bond donors (Lipinski definition) is 3. The molecule has 0 aliphatic heterocycles. The molecule has 0 saturated carbocycles. The zero-order chi connectivity index (χ0) is 28.3. The Bertz CT molecular complexity index is 1530. The van der Waals surface area contributed by atoms with Crippen LogP contribution in [0.2, 0.25) is 0 Å². The van der Waals surface area contributed by atoms with Gasteiger partial charge in [0.25, 0.3) is 17.5 Å². The molecule has 4 aromatic rings. The van der Waals surface area contributed by atoms with Gasteiger partial charge in [0.15, 0.2) is 0 Å². The lowest BCUT2D eigenvalue weighted by Gasteiger charge is -2.12. The first-order valence-electron chi connectivity index (χ1n) is 11.9. The quantitative estimate of drug-likeness (QED) is 0.107. The molecule has 0 fully saturated rings. The van der Waals surface area contributed by atoms with Crippen molar-refractivity contribution in [3.63, 3.8) is 0 Å². The van der Waals surface area contributed by atoms with Crippen LogP contribution in [0.4, 0.5) is 17.1 Å². The smallest absolute Gasteiger partial charge is 0.272 e. The molecule has 1 heterocycles. The van der Waals surface area contributed by atoms with Crippen molar-refractivity contribution in [3.05, 3.63) is 130 Å². The van der Waals surface area contributed by atoms with E-state index in [2.05, 4.69) is 20.9 Å².